The highest BCUT2D eigenvalue weighted by molar-refractivity contribution is 5.75. The lowest BCUT2D eigenvalue weighted by Gasteiger charge is -2.23. The molecule has 0 aromatic heterocycles. The summed E-state index contributed by atoms with van der Waals surface area (Å²) in [5.74, 6) is 0. The molecule has 0 aliphatic carbocycles. The smallest absolute Gasteiger partial charge is 0.318 e. The van der Waals surface area contributed by atoms with E-state index in [0.29, 0.717) is 13.0 Å². The largest absolute Gasteiger partial charge is 0.394 e. The molecule has 1 fully saturated rings. The maximum Gasteiger partial charge on any atom is 0.318 e. The molecule has 18 heavy (non-hydrogen) atoms. The van der Waals surface area contributed by atoms with Gasteiger partial charge in [-0.25, -0.2) is 4.79 Å². The normalized spacial score (nSPS) is 23.1. The Kier molecular flexibility index (Phi) is 4.17. The van der Waals surface area contributed by atoms with E-state index in [1.165, 1.54) is 4.90 Å². The minimum absolute atomic E-state index is 0.115. The number of carbonyl (C=O) groups excluding carboxylic acids is 1. The number of nitrogens with zero attached hydrogens (tertiary/aromatic N) is 1. The molecule has 1 aromatic carbocycles. The SMILES string of the molecule is O=C(NCc1ccccc1)N1C[C@@H](O)C[C@H]1CO. The Labute approximate surface area is 106 Å². The van der Waals surface area contributed by atoms with E-state index in [1.807, 2.05) is 30.3 Å². The number of β-amino-alcohol motifs (C(OH)–C–C–N with tert-alkyl or cyclic N) is 1. The Hall–Kier alpha value is -1.59. The second kappa shape index (κ2) is 5.84. The van der Waals surface area contributed by atoms with Crippen molar-refractivity contribution >= 4 is 6.03 Å². The molecule has 1 aliphatic heterocycles. The summed E-state index contributed by atoms with van der Waals surface area (Å²) >= 11 is 0. The van der Waals surface area contributed by atoms with Crippen molar-refractivity contribution in [1.29, 1.82) is 0 Å². The van der Waals surface area contributed by atoms with Gasteiger partial charge in [-0.05, 0) is 12.0 Å². The van der Waals surface area contributed by atoms with Gasteiger partial charge in [0.1, 0.15) is 0 Å². The predicted molar refractivity (Wildman–Crippen MR) is 66.9 cm³/mol. The van der Waals surface area contributed by atoms with E-state index >= 15 is 0 Å². The summed E-state index contributed by atoms with van der Waals surface area (Å²) in [6, 6.07) is 9.09. The molecule has 1 aromatic rings. The second-order valence-electron chi connectivity index (χ2n) is 4.52. The summed E-state index contributed by atoms with van der Waals surface area (Å²) in [4.78, 5) is 13.4. The van der Waals surface area contributed by atoms with Gasteiger partial charge < -0.3 is 20.4 Å². The molecule has 2 rings (SSSR count). The molecule has 0 unspecified atom stereocenters. The van der Waals surface area contributed by atoms with Gasteiger partial charge in [0.15, 0.2) is 0 Å². The topological polar surface area (TPSA) is 72.8 Å². The monoisotopic (exact) mass is 250 g/mol. The molecule has 1 aliphatic rings. The van der Waals surface area contributed by atoms with Gasteiger partial charge in [0.25, 0.3) is 0 Å². The number of nitrogens with one attached hydrogen (secondary N) is 1. The average Bonchev–Trinajstić information content (AvgIpc) is 2.78. The first-order chi connectivity index (χ1) is 8.70. The van der Waals surface area contributed by atoms with Gasteiger partial charge in [-0.2, -0.15) is 0 Å². The number of hydrogen-bond donors (Lipinski definition) is 3. The fourth-order valence-corrected chi connectivity index (χ4v) is 2.19. The number of benzene rings is 1. The minimum Gasteiger partial charge on any atom is -0.394 e. The molecule has 5 nitrogen and oxygen atoms in total. The lowest BCUT2D eigenvalue weighted by Crippen LogP contribution is -2.44. The highest BCUT2D eigenvalue weighted by Gasteiger charge is 2.33. The van der Waals surface area contributed by atoms with Crippen LogP contribution < -0.4 is 5.32 Å². The van der Waals surface area contributed by atoms with Gasteiger partial charge in [0.05, 0.1) is 18.8 Å². The standard InChI is InChI=1S/C13H18N2O3/c16-9-11-6-12(17)8-15(11)13(18)14-7-10-4-2-1-3-5-10/h1-5,11-12,16-17H,6-9H2,(H,14,18)/t11-,12-/m0/s1. The fraction of sp³-hybridized carbons (Fsp3) is 0.462. The van der Waals surface area contributed by atoms with E-state index in [1.54, 1.807) is 0 Å². The summed E-state index contributed by atoms with van der Waals surface area (Å²) in [5, 5.41) is 21.4. The zero-order valence-corrected chi connectivity index (χ0v) is 10.1. The van der Waals surface area contributed by atoms with Crippen molar-refractivity contribution < 1.29 is 15.0 Å². The molecule has 0 spiro atoms. The van der Waals surface area contributed by atoms with Crippen LogP contribution in [-0.4, -0.2) is 46.4 Å². The van der Waals surface area contributed by atoms with Crippen LogP contribution in [0.4, 0.5) is 4.79 Å². The summed E-state index contributed by atoms with van der Waals surface area (Å²) in [7, 11) is 0. The molecule has 0 radical (unpaired) electrons. The van der Waals surface area contributed by atoms with E-state index in [9.17, 15) is 9.90 Å². The quantitative estimate of drug-likeness (QED) is 0.723. The number of aliphatic hydroxyl groups is 2. The van der Waals surface area contributed by atoms with Crippen LogP contribution in [0.1, 0.15) is 12.0 Å². The van der Waals surface area contributed by atoms with E-state index in [4.69, 9.17) is 5.11 Å². The number of urea groups is 1. The van der Waals surface area contributed by atoms with E-state index in [0.717, 1.165) is 5.56 Å². The van der Waals surface area contributed by atoms with Crippen LogP contribution in [0.5, 0.6) is 0 Å². The van der Waals surface area contributed by atoms with Crippen molar-refractivity contribution in [3.63, 3.8) is 0 Å². The van der Waals surface area contributed by atoms with Gasteiger partial charge in [0, 0.05) is 13.1 Å². The second-order valence-corrected chi connectivity index (χ2v) is 4.52. The number of aliphatic hydroxyl groups excluding tert-OH is 2. The van der Waals surface area contributed by atoms with E-state index in [-0.39, 0.29) is 25.2 Å². The molecule has 2 amide bonds. The van der Waals surface area contributed by atoms with E-state index in [2.05, 4.69) is 5.32 Å². The van der Waals surface area contributed by atoms with Crippen LogP contribution in [0.15, 0.2) is 30.3 Å². The van der Waals surface area contributed by atoms with Crippen LogP contribution in [-0.2, 0) is 6.54 Å². The minimum atomic E-state index is -0.537. The molecule has 2 atom stereocenters. The van der Waals surface area contributed by atoms with Gasteiger partial charge in [-0.15, -0.1) is 0 Å². The molecule has 0 saturated carbocycles. The number of carbonyl (C=O) groups is 1. The van der Waals surface area contributed by atoms with Crippen LogP contribution in [0.3, 0.4) is 0 Å². The Morgan fingerprint density at radius 3 is 2.78 bits per heavy atom. The highest BCUT2D eigenvalue weighted by Crippen LogP contribution is 2.17. The third kappa shape index (κ3) is 3.00. The van der Waals surface area contributed by atoms with Gasteiger partial charge >= 0.3 is 6.03 Å². The number of hydrogen-bond acceptors (Lipinski definition) is 3. The van der Waals surface area contributed by atoms with Crippen LogP contribution in [0.2, 0.25) is 0 Å². The van der Waals surface area contributed by atoms with Crippen molar-refractivity contribution in [2.75, 3.05) is 13.2 Å². The molecule has 3 N–H and O–H groups in total. The zero-order chi connectivity index (χ0) is 13.0. The van der Waals surface area contributed by atoms with Gasteiger partial charge in [-0.3, -0.25) is 0 Å². The fourth-order valence-electron chi connectivity index (χ4n) is 2.19. The molecule has 98 valence electrons. The van der Waals surface area contributed by atoms with Crippen LogP contribution >= 0.6 is 0 Å². The molecule has 0 bridgehead atoms. The zero-order valence-electron chi connectivity index (χ0n) is 10.1. The molecule has 1 heterocycles. The maximum atomic E-state index is 11.9. The third-order valence-corrected chi connectivity index (χ3v) is 3.15. The highest BCUT2D eigenvalue weighted by atomic mass is 16.3. The van der Waals surface area contributed by atoms with Crippen LogP contribution in [0, 0.1) is 0 Å². The summed E-state index contributed by atoms with van der Waals surface area (Å²) in [6.07, 6.45) is -0.0976. The van der Waals surface area contributed by atoms with Crippen molar-refractivity contribution in [2.24, 2.45) is 0 Å². The van der Waals surface area contributed by atoms with Gasteiger partial charge in [0.2, 0.25) is 0 Å². The van der Waals surface area contributed by atoms with Crippen molar-refractivity contribution in [3.8, 4) is 0 Å². The average molecular weight is 250 g/mol. The van der Waals surface area contributed by atoms with Gasteiger partial charge in [-0.1, -0.05) is 30.3 Å². The van der Waals surface area contributed by atoms with Crippen molar-refractivity contribution in [2.45, 2.75) is 25.1 Å². The Balaban J connectivity index is 1.88. The van der Waals surface area contributed by atoms with E-state index < -0.39 is 6.10 Å². The number of likely N-dealkylation sites (tertiary alicyclic amines) is 1. The third-order valence-electron chi connectivity index (χ3n) is 3.15. The maximum absolute atomic E-state index is 11.9. The summed E-state index contributed by atoms with van der Waals surface area (Å²) in [5.41, 5.74) is 1.02. The lowest BCUT2D eigenvalue weighted by atomic mass is 10.2. The Morgan fingerprint density at radius 1 is 1.39 bits per heavy atom. The Morgan fingerprint density at radius 2 is 2.11 bits per heavy atom. The lowest BCUT2D eigenvalue weighted by molar-refractivity contribution is 0.154. The van der Waals surface area contributed by atoms with Crippen molar-refractivity contribution in [3.05, 3.63) is 35.9 Å². The van der Waals surface area contributed by atoms with Crippen molar-refractivity contribution in [1.82, 2.24) is 10.2 Å². The summed E-state index contributed by atoms with van der Waals surface area (Å²) < 4.78 is 0. The molecular weight excluding hydrogens is 232 g/mol. The number of rotatable bonds is 3. The first kappa shape index (κ1) is 12.9. The van der Waals surface area contributed by atoms with Crippen LogP contribution in [0.25, 0.3) is 0 Å². The molecule has 5 heteroatoms. The number of amides is 2. The Bertz CT molecular complexity index is 396. The molecule has 1 saturated heterocycles. The molecular formula is C13H18N2O3. The predicted octanol–water partition coefficient (Wildman–Crippen LogP) is 0.324. The summed E-state index contributed by atoms with van der Waals surface area (Å²) in [6.45, 7) is 0.617. The first-order valence-electron chi connectivity index (χ1n) is 6.08. The first-order valence-corrected chi connectivity index (χ1v) is 6.08.